The summed E-state index contributed by atoms with van der Waals surface area (Å²) in [6.07, 6.45) is 0. The van der Waals surface area contributed by atoms with Crippen molar-refractivity contribution in [1.29, 1.82) is 0 Å². The number of carbonyl (C=O) groups is 1. The number of carbonyl (C=O) groups excluding carboxylic acids is 1. The van der Waals surface area contributed by atoms with Gasteiger partial charge in [0.15, 0.2) is 0 Å². The summed E-state index contributed by atoms with van der Waals surface area (Å²) in [4.78, 5) is 12.2. The van der Waals surface area contributed by atoms with Gasteiger partial charge in [0.2, 0.25) is 5.78 Å². The Balaban J connectivity index is 2.37. The van der Waals surface area contributed by atoms with Gasteiger partial charge in [-0.15, -0.1) is 0 Å². The third-order valence-electron chi connectivity index (χ3n) is 2.66. The van der Waals surface area contributed by atoms with Crippen LogP contribution in [0.1, 0.15) is 15.9 Å². The van der Waals surface area contributed by atoms with Gasteiger partial charge in [-0.05, 0) is 0 Å². The Morgan fingerprint density at radius 2 is 1.41 bits per heavy atom. The lowest BCUT2D eigenvalue weighted by Crippen LogP contribution is -2.32. The topological polar surface area (TPSA) is 37.3 Å². The van der Waals surface area contributed by atoms with Gasteiger partial charge in [-0.25, -0.2) is 0 Å². The van der Waals surface area contributed by atoms with Crippen molar-refractivity contribution in [3.8, 4) is 0 Å². The maximum Gasteiger partial charge on any atom is 0.292 e. The van der Waals surface area contributed by atoms with Gasteiger partial charge in [0, 0.05) is 11.1 Å². The largest absolute Gasteiger partial charge is 0.341 e. The lowest BCUT2D eigenvalue weighted by atomic mass is 9.88. The van der Waals surface area contributed by atoms with E-state index in [0.29, 0.717) is 11.1 Å². The number of hydrogen-bond donors (Lipinski definition) is 1. The number of hydrogen-bond acceptors (Lipinski definition) is 2. The molecule has 2 aromatic carbocycles. The zero-order chi connectivity index (χ0) is 12.3. The van der Waals surface area contributed by atoms with Gasteiger partial charge in [-0.1, -0.05) is 60.7 Å². The van der Waals surface area contributed by atoms with Crippen LogP contribution in [0.25, 0.3) is 0 Å². The second-order valence-electron chi connectivity index (χ2n) is 3.92. The molecule has 0 aliphatic carbocycles. The van der Waals surface area contributed by atoms with Crippen LogP contribution in [-0.4, -0.2) is 10.9 Å². The first-order valence-electron chi connectivity index (χ1n) is 5.35. The monoisotopic (exact) mass is 225 g/mol. The van der Waals surface area contributed by atoms with E-state index in [2.05, 4.69) is 6.92 Å². The molecule has 0 aliphatic heterocycles. The second-order valence-corrected chi connectivity index (χ2v) is 3.92. The average molecular weight is 225 g/mol. The number of rotatable bonds is 3. The summed E-state index contributed by atoms with van der Waals surface area (Å²) in [6.45, 7) is 3.62. The Labute approximate surface area is 101 Å². The number of ketones is 1. The summed E-state index contributed by atoms with van der Waals surface area (Å²) in [7, 11) is 0. The smallest absolute Gasteiger partial charge is 0.292 e. The Morgan fingerprint density at radius 1 is 0.941 bits per heavy atom. The zero-order valence-corrected chi connectivity index (χ0v) is 9.34. The molecule has 2 heteroatoms. The molecule has 0 aromatic heterocycles. The average Bonchev–Trinajstić information content (AvgIpc) is 2.40. The van der Waals surface area contributed by atoms with E-state index in [-0.39, 0.29) is 0 Å². The molecule has 0 saturated heterocycles. The predicted molar refractivity (Wildman–Crippen MR) is 66.5 cm³/mol. The van der Waals surface area contributed by atoms with Crippen LogP contribution in [0, 0.1) is 6.92 Å². The maximum absolute atomic E-state index is 12.2. The van der Waals surface area contributed by atoms with Crippen LogP contribution in [0.3, 0.4) is 0 Å². The summed E-state index contributed by atoms with van der Waals surface area (Å²) < 4.78 is 0. The number of aliphatic hydroxyl groups is 1. The first-order valence-corrected chi connectivity index (χ1v) is 5.35. The predicted octanol–water partition coefficient (Wildman–Crippen LogP) is 2.59. The van der Waals surface area contributed by atoms with Crippen LogP contribution in [0.15, 0.2) is 60.7 Å². The van der Waals surface area contributed by atoms with E-state index >= 15 is 0 Å². The first-order chi connectivity index (χ1) is 8.12. The van der Waals surface area contributed by atoms with E-state index in [1.165, 1.54) is 0 Å². The molecule has 1 atom stereocenters. The lowest BCUT2D eigenvalue weighted by Gasteiger charge is -2.15. The fourth-order valence-electron chi connectivity index (χ4n) is 1.67. The number of benzene rings is 2. The van der Waals surface area contributed by atoms with Crippen LogP contribution in [0.4, 0.5) is 0 Å². The van der Waals surface area contributed by atoms with Crippen LogP contribution in [0.5, 0.6) is 0 Å². The van der Waals surface area contributed by atoms with Gasteiger partial charge in [0.1, 0.15) is 6.92 Å². The minimum Gasteiger partial charge on any atom is -0.341 e. The fourth-order valence-corrected chi connectivity index (χ4v) is 1.67. The van der Waals surface area contributed by atoms with Crippen molar-refractivity contribution in [2.75, 3.05) is 0 Å². The van der Waals surface area contributed by atoms with Crippen LogP contribution in [0.2, 0.25) is 0 Å². The van der Waals surface area contributed by atoms with Crippen molar-refractivity contribution in [2.24, 2.45) is 0 Å². The molecule has 0 amide bonds. The van der Waals surface area contributed by atoms with Gasteiger partial charge in [-0.2, -0.15) is 0 Å². The molecule has 0 radical (unpaired) electrons. The molecule has 1 unspecified atom stereocenters. The van der Waals surface area contributed by atoms with Crippen LogP contribution < -0.4 is 0 Å². The highest BCUT2D eigenvalue weighted by atomic mass is 16.3. The minimum atomic E-state index is -1.73. The highest BCUT2D eigenvalue weighted by Gasteiger charge is 2.40. The van der Waals surface area contributed by atoms with E-state index < -0.39 is 11.4 Å². The third kappa shape index (κ3) is 2.22. The standard InChI is InChI=1S/C15H13O2/c1-15(17,13-10-6-3-7-11-13)14(16)12-8-4-2-5-9-12/h2-11,17H,1H2/q+1. The van der Waals surface area contributed by atoms with Crippen molar-refractivity contribution < 1.29 is 9.90 Å². The minimum absolute atomic E-state index is 0.399. The van der Waals surface area contributed by atoms with Crippen LogP contribution >= 0.6 is 0 Å². The lowest BCUT2D eigenvalue weighted by molar-refractivity contribution is 0.0506. The fraction of sp³-hybridized carbons (Fsp3) is 0.0667. The van der Waals surface area contributed by atoms with Gasteiger partial charge in [0.05, 0.1) is 0 Å². The molecule has 0 fully saturated rings. The normalized spacial score (nSPS) is 13.9. The van der Waals surface area contributed by atoms with Crippen molar-refractivity contribution in [1.82, 2.24) is 0 Å². The van der Waals surface area contributed by atoms with Crippen LogP contribution in [-0.2, 0) is 5.60 Å². The quantitative estimate of drug-likeness (QED) is 0.644. The van der Waals surface area contributed by atoms with E-state index in [1.54, 1.807) is 48.5 Å². The molecular weight excluding hydrogens is 212 g/mol. The molecule has 84 valence electrons. The van der Waals surface area contributed by atoms with E-state index in [4.69, 9.17) is 0 Å². The van der Waals surface area contributed by atoms with Crippen molar-refractivity contribution in [3.05, 3.63) is 78.7 Å². The van der Waals surface area contributed by atoms with Gasteiger partial charge >= 0.3 is 0 Å². The summed E-state index contributed by atoms with van der Waals surface area (Å²) in [5.74, 6) is -0.399. The Morgan fingerprint density at radius 3 is 1.94 bits per heavy atom. The molecule has 0 spiro atoms. The van der Waals surface area contributed by atoms with Crippen molar-refractivity contribution >= 4 is 5.78 Å². The Hall–Kier alpha value is -2.06. The molecule has 17 heavy (non-hydrogen) atoms. The summed E-state index contributed by atoms with van der Waals surface area (Å²) in [6, 6.07) is 17.4. The Bertz CT molecular complexity index is 501. The summed E-state index contributed by atoms with van der Waals surface area (Å²) in [5.41, 5.74) is -0.787. The Kier molecular flexibility index (Phi) is 2.98. The van der Waals surface area contributed by atoms with E-state index in [0.717, 1.165) is 0 Å². The maximum atomic E-state index is 12.2. The molecule has 0 aliphatic rings. The molecule has 0 heterocycles. The molecule has 1 N–H and O–H groups in total. The molecule has 0 bridgehead atoms. The van der Waals surface area contributed by atoms with Crippen molar-refractivity contribution in [2.45, 2.75) is 5.60 Å². The third-order valence-corrected chi connectivity index (χ3v) is 2.66. The van der Waals surface area contributed by atoms with E-state index in [1.807, 2.05) is 12.1 Å². The molecule has 0 saturated carbocycles. The second kappa shape index (κ2) is 4.44. The molecule has 2 aromatic rings. The van der Waals surface area contributed by atoms with Gasteiger partial charge < -0.3 is 5.11 Å². The summed E-state index contributed by atoms with van der Waals surface area (Å²) >= 11 is 0. The van der Waals surface area contributed by atoms with Gasteiger partial charge in [0.25, 0.3) is 5.60 Å². The molecular formula is C15H13O2+. The zero-order valence-electron chi connectivity index (χ0n) is 9.34. The first kappa shape index (κ1) is 11.4. The number of Topliss-reactive ketones (excluding diaryl/α,β-unsaturated/α-hetero) is 1. The summed E-state index contributed by atoms with van der Waals surface area (Å²) in [5, 5.41) is 10.2. The highest BCUT2D eigenvalue weighted by molar-refractivity contribution is 6.03. The van der Waals surface area contributed by atoms with Crippen molar-refractivity contribution in [3.63, 3.8) is 0 Å². The van der Waals surface area contributed by atoms with Gasteiger partial charge in [-0.3, -0.25) is 4.79 Å². The molecule has 2 nitrogen and oxygen atoms in total. The SMILES string of the molecule is [CH2+]C(O)(C(=O)c1ccccc1)c1ccccc1. The van der Waals surface area contributed by atoms with E-state index in [9.17, 15) is 9.90 Å². The highest BCUT2D eigenvalue weighted by Crippen LogP contribution is 2.24. The molecule has 2 rings (SSSR count).